The summed E-state index contributed by atoms with van der Waals surface area (Å²) in [5.41, 5.74) is 4.15. The molecule has 138 valence electrons. The van der Waals surface area contributed by atoms with Crippen LogP contribution in [-0.2, 0) is 11.2 Å². The minimum atomic E-state index is -0.233. The summed E-state index contributed by atoms with van der Waals surface area (Å²) in [7, 11) is 0. The van der Waals surface area contributed by atoms with E-state index in [0.717, 1.165) is 33.7 Å². The standard InChI is InChI=1S/C20H20N4OS2/c1-3-13-7-5-6-8-14(13)22-19(25)17(4-2)27-20-16-11-18-15(9-10-26-18)24(16)12-21-23-20/h5-12,17H,3-4H2,1-2H3,(H,22,25)/t17-/m0/s1. The minimum Gasteiger partial charge on any atom is -0.325 e. The molecule has 27 heavy (non-hydrogen) atoms. The van der Waals surface area contributed by atoms with E-state index in [2.05, 4.69) is 40.0 Å². The molecule has 1 N–H and O–H groups in total. The van der Waals surface area contributed by atoms with Gasteiger partial charge in [0.05, 0.1) is 21.0 Å². The largest absolute Gasteiger partial charge is 0.325 e. The highest BCUT2D eigenvalue weighted by atomic mass is 32.2. The van der Waals surface area contributed by atoms with Gasteiger partial charge >= 0.3 is 0 Å². The molecule has 4 aromatic rings. The molecule has 1 aromatic carbocycles. The highest BCUT2D eigenvalue weighted by molar-refractivity contribution is 8.00. The van der Waals surface area contributed by atoms with Crippen molar-refractivity contribution in [2.45, 2.75) is 37.0 Å². The minimum absolute atomic E-state index is 0.000529. The molecule has 0 aliphatic rings. The van der Waals surface area contributed by atoms with Crippen LogP contribution in [0.2, 0.25) is 0 Å². The zero-order valence-corrected chi connectivity index (χ0v) is 16.8. The van der Waals surface area contributed by atoms with Crippen molar-refractivity contribution in [3.8, 4) is 0 Å². The van der Waals surface area contributed by atoms with Crippen molar-refractivity contribution in [2.24, 2.45) is 0 Å². The van der Waals surface area contributed by atoms with Crippen molar-refractivity contribution < 1.29 is 4.79 Å². The number of amides is 1. The lowest BCUT2D eigenvalue weighted by Crippen LogP contribution is -2.25. The molecule has 1 amide bonds. The summed E-state index contributed by atoms with van der Waals surface area (Å²) in [5, 5.41) is 14.2. The Morgan fingerprint density at radius 3 is 2.93 bits per heavy atom. The Morgan fingerprint density at radius 2 is 2.11 bits per heavy atom. The molecule has 0 aliphatic heterocycles. The fourth-order valence-electron chi connectivity index (χ4n) is 3.12. The van der Waals surface area contributed by atoms with Crippen LogP contribution < -0.4 is 5.32 Å². The van der Waals surface area contributed by atoms with Gasteiger partial charge in [-0.3, -0.25) is 9.20 Å². The lowest BCUT2D eigenvalue weighted by Gasteiger charge is -2.16. The van der Waals surface area contributed by atoms with E-state index in [9.17, 15) is 4.79 Å². The quantitative estimate of drug-likeness (QED) is 0.465. The number of benzene rings is 1. The molecular formula is C20H20N4OS2. The van der Waals surface area contributed by atoms with Crippen LogP contribution in [0.25, 0.3) is 15.7 Å². The predicted octanol–water partition coefficient (Wildman–Crippen LogP) is 5.02. The van der Waals surface area contributed by atoms with Crippen LogP contribution in [0.1, 0.15) is 25.8 Å². The van der Waals surface area contributed by atoms with Crippen LogP contribution in [0.5, 0.6) is 0 Å². The number of para-hydroxylation sites is 1. The van der Waals surface area contributed by atoms with Gasteiger partial charge in [0.1, 0.15) is 11.4 Å². The fourth-order valence-corrected chi connectivity index (χ4v) is 4.90. The van der Waals surface area contributed by atoms with E-state index in [-0.39, 0.29) is 11.2 Å². The molecule has 0 spiro atoms. The first-order valence-electron chi connectivity index (χ1n) is 8.96. The molecule has 0 aliphatic carbocycles. The van der Waals surface area contributed by atoms with Gasteiger partial charge in [0.2, 0.25) is 5.91 Å². The first-order valence-corrected chi connectivity index (χ1v) is 10.7. The normalized spacial score (nSPS) is 12.5. The molecule has 1 atom stereocenters. The summed E-state index contributed by atoms with van der Waals surface area (Å²) in [4.78, 5) is 12.9. The first-order chi connectivity index (χ1) is 13.2. The van der Waals surface area contributed by atoms with Gasteiger partial charge in [0, 0.05) is 5.69 Å². The van der Waals surface area contributed by atoms with Gasteiger partial charge in [0.15, 0.2) is 0 Å². The fraction of sp³-hybridized carbons (Fsp3) is 0.250. The number of hydrogen-bond acceptors (Lipinski definition) is 5. The lowest BCUT2D eigenvalue weighted by molar-refractivity contribution is -0.115. The van der Waals surface area contributed by atoms with Crippen LogP contribution in [0.4, 0.5) is 5.69 Å². The number of hydrogen-bond donors (Lipinski definition) is 1. The average molecular weight is 397 g/mol. The Kier molecular flexibility index (Phi) is 5.13. The number of carbonyl (C=O) groups excluding carboxylic acids is 1. The Hall–Kier alpha value is -2.38. The molecule has 0 radical (unpaired) electrons. The van der Waals surface area contributed by atoms with Gasteiger partial charge in [0.25, 0.3) is 0 Å². The monoisotopic (exact) mass is 396 g/mol. The molecule has 0 bridgehead atoms. The van der Waals surface area contributed by atoms with Crippen molar-refractivity contribution >= 4 is 50.4 Å². The molecule has 5 nitrogen and oxygen atoms in total. The second kappa shape index (κ2) is 7.70. The molecule has 0 saturated heterocycles. The van der Waals surface area contributed by atoms with E-state index >= 15 is 0 Å². The number of nitrogens with zero attached hydrogens (tertiary/aromatic N) is 3. The van der Waals surface area contributed by atoms with Gasteiger partial charge in [-0.05, 0) is 42.0 Å². The molecule has 7 heteroatoms. The lowest BCUT2D eigenvalue weighted by atomic mass is 10.1. The number of aromatic nitrogens is 3. The highest BCUT2D eigenvalue weighted by Gasteiger charge is 2.22. The molecule has 0 saturated carbocycles. The Labute approximate surface area is 165 Å². The van der Waals surface area contributed by atoms with Crippen LogP contribution in [0, 0.1) is 0 Å². The van der Waals surface area contributed by atoms with Crippen LogP contribution in [0.15, 0.2) is 53.1 Å². The number of carbonyl (C=O) groups is 1. The summed E-state index contributed by atoms with van der Waals surface area (Å²) in [5.74, 6) is 0.000529. The molecule has 4 rings (SSSR count). The predicted molar refractivity (Wildman–Crippen MR) is 113 cm³/mol. The van der Waals surface area contributed by atoms with E-state index in [1.54, 1.807) is 17.7 Å². The summed E-state index contributed by atoms with van der Waals surface area (Å²) >= 11 is 3.17. The number of aryl methyl sites for hydroxylation is 1. The second-order valence-electron chi connectivity index (χ2n) is 6.22. The van der Waals surface area contributed by atoms with Crippen LogP contribution in [0.3, 0.4) is 0 Å². The number of anilines is 1. The van der Waals surface area contributed by atoms with Crippen molar-refractivity contribution in [1.29, 1.82) is 0 Å². The van der Waals surface area contributed by atoms with Crippen molar-refractivity contribution in [3.05, 3.63) is 53.7 Å². The Morgan fingerprint density at radius 1 is 1.26 bits per heavy atom. The summed E-state index contributed by atoms with van der Waals surface area (Å²) in [6.45, 7) is 4.11. The van der Waals surface area contributed by atoms with Crippen molar-refractivity contribution in [2.75, 3.05) is 5.32 Å². The molecule has 3 heterocycles. The number of nitrogens with one attached hydrogen (secondary N) is 1. The van der Waals surface area contributed by atoms with Crippen molar-refractivity contribution in [3.63, 3.8) is 0 Å². The molecule has 3 aromatic heterocycles. The third-order valence-electron chi connectivity index (χ3n) is 4.57. The highest BCUT2D eigenvalue weighted by Crippen LogP contribution is 2.33. The smallest absolute Gasteiger partial charge is 0.237 e. The SMILES string of the molecule is CCc1ccccc1NC(=O)[C@H](CC)Sc1nncn2c1cc1sccc12. The number of rotatable bonds is 6. The molecule has 0 fully saturated rings. The third-order valence-corrected chi connectivity index (χ3v) is 6.77. The van der Waals surface area contributed by atoms with Crippen LogP contribution in [-0.4, -0.2) is 25.8 Å². The van der Waals surface area contributed by atoms with Crippen molar-refractivity contribution in [1.82, 2.24) is 14.6 Å². The van der Waals surface area contributed by atoms with Gasteiger partial charge < -0.3 is 5.32 Å². The zero-order valence-electron chi connectivity index (χ0n) is 15.2. The van der Waals surface area contributed by atoms with E-state index in [1.807, 2.05) is 35.6 Å². The maximum atomic E-state index is 12.9. The number of fused-ring (bicyclic) bond motifs is 3. The zero-order chi connectivity index (χ0) is 18.8. The first kappa shape index (κ1) is 18.0. The van der Waals surface area contributed by atoms with Gasteiger partial charge in [-0.2, -0.15) is 0 Å². The van der Waals surface area contributed by atoms with E-state index in [0.29, 0.717) is 6.42 Å². The van der Waals surface area contributed by atoms with Gasteiger partial charge in [-0.1, -0.05) is 43.8 Å². The Balaban J connectivity index is 1.60. The van der Waals surface area contributed by atoms with Gasteiger partial charge in [-0.15, -0.1) is 21.5 Å². The summed E-state index contributed by atoms with van der Waals surface area (Å²) < 4.78 is 3.24. The summed E-state index contributed by atoms with van der Waals surface area (Å²) in [6, 6.07) is 12.1. The Bertz CT molecular complexity index is 1100. The maximum absolute atomic E-state index is 12.9. The maximum Gasteiger partial charge on any atom is 0.237 e. The van der Waals surface area contributed by atoms with E-state index in [1.165, 1.54) is 16.5 Å². The van der Waals surface area contributed by atoms with Gasteiger partial charge in [-0.25, -0.2) is 0 Å². The topological polar surface area (TPSA) is 59.3 Å². The van der Waals surface area contributed by atoms with Crippen LogP contribution >= 0.6 is 23.1 Å². The molecule has 0 unspecified atom stereocenters. The second-order valence-corrected chi connectivity index (χ2v) is 8.36. The number of thiophene rings is 1. The summed E-state index contributed by atoms with van der Waals surface area (Å²) in [6.07, 6.45) is 3.32. The molecular weight excluding hydrogens is 376 g/mol. The van der Waals surface area contributed by atoms with E-state index < -0.39 is 0 Å². The average Bonchev–Trinajstić information content (AvgIpc) is 3.28. The third kappa shape index (κ3) is 3.44. The number of thioether (sulfide) groups is 1. The van der Waals surface area contributed by atoms with E-state index in [4.69, 9.17) is 0 Å².